The highest BCUT2D eigenvalue weighted by Gasteiger charge is 2.18. The summed E-state index contributed by atoms with van der Waals surface area (Å²) in [6.45, 7) is 0. The van der Waals surface area contributed by atoms with Gasteiger partial charge in [0.1, 0.15) is 0 Å². The Kier molecular flexibility index (Phi) is 3.36. The van der Waals surface area contributed by atoms with E-state index in [1.54, 1.807) is 10.9 Å². The third kappa shape index (κ3) is 2.39. The van der Waals surface area contributed by atoms with Gasteiger partial charge in [-0.15, -0.1) is 5.10 Å². The number of benzene rings is 2. The summed E-state index contributed by atoms with van der Waals surface area (Å²) in [7, 11) is 0. The van der Waals surface area contributed by atoms with Crippen LogP contribution in [0, 0.1) is 0 Å². The molecular formula is C16H11ClN6. The molecule has 0 aliphatic rings. The van der Waals surface area contributed by atoms with Crippen molar-refractivity contribution in [1.82, 2.24) is 30.4 Å². The Labute approximate surface area is 136 Å². The highest BCUT2D eigenvalue weighted by Crippen LogP contribution is 2.33. The van der Waals surface area contributed by atoms with E-state index in [1.165, 1.54) is 0 Å². The summed E-state index contributed by atoms with van der Waals surface area (Å²) in [6.07, 6.45) is 1.70. The van der Waals surface area contributed by atoms with E-state index in [1.807, 2.05) is 54.6 Å². The fourth-order valence-corrected chi connectivity index (χ4v) is 2.65. The second-order valence-corrected chi connectivity index (χ2v) is 5.30. The summed E-state index contributed by atoms with van der Waals surface area (Å²) in [5.74, 6) is 0.597. The van der Waals surface area contributed by atoms with Gasteiger partial charge < -0.3 is 0 Å². The lowest BCUT2D eigenvalue weighted by atomic mass is 10.1. The number of rotatable bonds is 3. The molecule has 2 aromatic heterocycles. The molecule has 0 radical (unpaired) electrons. The van der Waals surface area contributed by atoms with Crippen LogP contribution in [0.4, 0.5) is 0 Å². The van der Waals surface area contributed by atoms with Gasteiger partial charge in [-0.05, 0) is 28.6 Å². The molecule has 0 saturated carbocycles. The normalized spacial score (nSPS) is 10.8. The Bertz CT molecular complexity index is 944. The highest BCUT2D eigenvalue weighted by atomic mass is 35.5. The van der Waals surface area contributed by atoms with Crippen LogP contribution in [0.25, 0.3) is 28.3 Å². The SMILES string of the molecule is Clc1ccccc1-c1[nH]ncc1-c1nnnn1-c1ccccc1. The molecule has 1 N–H and O–H groups in total. The minimum Gasteiger partial charge on any atom is -0.277 e. The van der Waals surface area contributed by atoms with Gasteiger partial charge in [-0.25, -0.2) is 0 Å². The molecule has 6 nitrogen and oxygen atoms in total. The monoisotopic (exact) mass is 322 g/mol. The molecule has 23 heavy (non-hydrogen) atoms. The van der Waals surface area contributed by atoms with Crippen LogP contribution in [-0.2, 0) is 0 Å². The van der Waals surface area contributed by atoms with Gasteiger partial charge in [0, 0.05) is 10.6 Å². The molecule has 0 spiro atoms. The molecule has 0 bridgehead atoms. The number of nitrogens with one attached hydrogen (secondary N) is 1. The largest absolute Gasteiger partial charge is 0.277 e. The minimum atomic E-state index is 0.597. The Morgan fingerprint density at radius 2 is 1.70 bits per heavy atom. The van der Waals surface area contributed by atoms with Crippen molar-refractivity contribution < 1.29 is 0 Å². The molecule has 0 atom stereocenters. The van der Waals surface area contributed by atoms with Crippen molar-refractivity contribution in [1.29, 1.82) is 0 Å². The number of aromatic amines is 1. The van der Waals surface area contributed by atoms with Crippen LogP contribution in [0.1, 0.15) is 0 Å². The van der Waals surface area contributed by atoms with Gasteiger partial charge in [-0.1, -0.05) is 48.0 Å². The summed E-state index contributed by atoms with van der Waals surface area (Å²) in [6, 6.07) is 17.3. The summed E-state index contributed by atoms with van der Waals surface area (Å²) >= 11 is 6.30. The van der Waals surface area contributed by atoms with Crippen LogP contribution >= 0.6 is 11.6 Å². The topological polar surface area (TPSA) is 72.3 Å². The molecule has 0 aliphatic carbocycles. The van der Waals surface area contributed by atoms with Crippen LogP contribution in [0.2, 0.25) is 5.02 Å². The van der Waals surface area contributed by atoms with Gasteiger partial charge in [0.05, 0.1) is 23.1 Å². The summed E-state index contributed by atoms with van der Waals surface area (Å²) in [5.41, 5.74) is 3.29. The van der Waals surface area contributed by atoms with Gasteiger partial charge in [0.15, 0.2) is 5.82 Å². The Hall–Kier alpha value is -2.99. The van der Waals surface area contributed by atoms with Gasteiger partial charge in [0.25, 0.3) is 0 Å². The predicted octanol–water partition coefficient (Wildman–Crippen LogP) is 3.37. The summed E-state index contributed by atoms with van der Waals surface area (Å²) in [4.78, 5) is 0. The number of hydrogen-bond acceptors (Lipinski definition) is 4. The first-order chi connectivity index (χ1) is 11.3. The molecule has 4 rings (SSSR count). The molecule has 0 fully saturated rings. The number of hydrogen-bond donors (Lipinski definition) is 1. The Morgan fingerprint density at radius 1 is 0.913 bits per heavy atom. The number of halogens is 1. The second kappa shape index (κ2) is 5.66. The van der Waals surface area contributed by atoms with Crippen LogP contribution in [0.15, 0.2) is 60.8 Å². The molecular weight excluding hydrogens is 312 g/mol. The summed E-state index contributed by atoms with van der Waals surface area (Å²) in [5, 5.41) is 19.8. The van der Waals surface area contributed by atoms with E-state index in [0.717, 1.165) is 22.5 Å². The molecule has 0 aliphatic heterocycles. The number of nitrogens with zero attached hydrogens (tertiary/aromatic N) is 5. The highest BCUT2D eigenvalue weighted by molar-refractivity contribution is 6.33. The first-order valence-electron chi connectivity index (χ1n) is 6.97. The van der Waals surface area contributed by atoms with Gasteiger partial charge in [-0.2, -0.15) is 9.78 Å². The maximum atomic E-state index is 6.30. The fraction of sp³-hybridized carbons (Fsp3) is 0. The molecule has 0 amide bonds. The number of tetrazole rings is 1. The Morgan fingerprint density at radius 3 is 2.52 bits per heavy atom. The van der Waals surface area contributed by atoms with Crippen molar-refractivity contribution in [3.8, 4) is 28.3 Å². The third-order valence-corrected chi connectivity index (χ3v) is 3.82. The zero-order valence-corrected chi connectivity index (χ0v) is 12.6. The van der Waals surface area contributed by atoms with Crippen molar-refractivity contribution in [2.24, 2.45) is 0 Å². The van der Waals surface area contributed by atoms with E-state index < -0.39 is 0 Å². The number of para-hydroxylation sites is 1. The second-order valence-electron chi connectivity index (χ2n) is 4.89. The van der Waals surface area contributed by atoms with Crippen molar-refractivity contribution in [3.63, 3.8) is 0 Å². The predicted molar refractivity (Wildman–Crippen MR) is 87.2 cm³/mol. The standard InChI is InChI=1S/C16H11ClN6/c17-14-9-5-4-8-12(14)15-13(10-18-19-15)16-20-21-22-23(16)11-6-2-1-3-7-11/h1-10H,(H,18,19). The zero-order chi connectivity index (χ0) is 15.6. The molecule has 4 aromatic rings. The van der Waals surface area contributed by atoms with E-state index in [-0.39, 0.29) is 0 Å². The summed E-state index contributed by atoms with van der Waals surface area (Å²) < 4.78 is 1.67. The van der Waals surface area contributed by atoms with Gasteiger partial charge >= 0.3 is 0 Å². The smallest absolute Gasteiger partial charge is 0.190 e. The van der Waals surface area contributed by atoms with Crippen LogP contribution < -0.4 is 0 Å². The van der Waals surface area contributed by atoms with Gasteiger partial charge in [-0.3, -0.25) is 5.10 Å². The quantitative estimate of drug-likeness (QED) is 0.627. The van der Waals surface area contributed by atoms with Crippen LogP contribution in [-0.4, -0.2) is 30.4 Å². The molecule has 0 saturated heterocycles. The van der Waals surface area contributed by atoms with E-state index in [4.69, 9.17) is 11.6 Å². The third-order valence-electron chi connectivity index (χ3n) is 3.49. The lowest BCUT2D eigenvalue weighted by molar-refractivity contribution is 0.791. The lowest BCUT2D eigenvalue weighted by Crippen LogP contribution is -1.99. The number of aromatic nitrogens is 6. The maximum absolute atomic E-state index is 6.30. The number of H-pyrrole nitrogens is 1. The van der Waals surface area contributed by atoms with Crippen LogP contribution in [0.3, 0.4) is 0 Å². The lowest BCUT2D eigenvalue weighted by Gasteiger charge is -2.06. The van der Waals surface area contributed by atoms with Crippen molar-refractivity contribution in [2.75, 3.05) is 0 Å². The van der Waals surface area contributed by atoms with E-state index in [2.05, 4.69) is 25.7 Å². The minimum absolute atomic E-state index is 0.597. The molecule has 7 heteroatoms. The first-order valence-corrected chi connectivity index (χ1v) is 7.35. The molecule has 2 heterocycles. The average Bonchev–Trinajstić information content (AvgIpc) is 3.25. The maximum Gasteiger partial charge on any atom is 0.190 e. The van der Waals surface area contributed by atoms with Crippen molar-refractivity contribution >= 4 is 11.6 Å². The van der Waals surface area contributed by atoms with E-state index >= 15 is 0 Å². The van der Waals surface area contributed by atoms with Gasteiger partial charge in [0.2, 0.25) is 0 Å². The zero-order valence-electron chi connectivity index (χ0n) is 11.9. The average molecular weight is 323 g/mol. The molecule has 112 valence electrons. The molecule has 0 unspecified atom stereocenters. The van der Waals surface area contributed by atoms with Crippen LogP contribution in [0.5, 0.6) is 0 Å². The molecule has 2 aromatic carbocycles. The van der Waals surface area contributed by atoms with Crippen molar-refractivity contribution in [3.05, 3.63) is 65.8 Å². The fourth-order valence-electron chi connectivity index (χ4n) is 2.42. The Balaban J connectivity index is 1.88. The van der Waals surface area contributed by atoms with E-state index in [0.29, 0.717) is 10.8 Å². The van der Waals surface area contributed by atoms with Crippen molar-refractivity contribution in [2.45, 2.75) is 0 Å². The van der Waals surface area contributed by atoms with E-state index in [9.17, 15) is 0 Å². The first kappa shape index (κ1) is 13.7.